The van der Waals surface area contributed by atoms with Crippen LogP contribution >= 0.6 is 0 Å². The van der Waals surface area contributed by atoms with E-state index >= 15 is 0 Å². The molecule has 25 heavy (non-hydrogen) atoms. The summed E-state index contributed by atoms with van der Waals surface area (Å²) >= 11 is 0. The van der Waals surface area contributed by atoms with E-state index in [0.717, 1.165) is 6.42 Å². The van der Waals surface area contributed by atoms with E-state index < -0.39 is 0 Å². The van der Waals surface area contributed by atoms with Crippen molar-refractivity contribution in [2.24, 2.45) is 0 Å². The molecule has 0 aliphatic carbocycles. The molecule has 0 radical (unpaired) electrons. The van der Waals surface area contributed by atoms with E-state index in [9.17, 15) is 9.59 Å². The Balaban J connectivity index is 2.24. The van der Waals surface area contributed by atoms with Crippen LogP contribution in [-0.2, 0) is 14.9 Å². The van der Waals surface area contributed by atoms with Gasteiger partial charge in [-0.15, -0.1) is 0 Å². The van der Waals surface area contributed by atoms with Crippen molar-refractivity contribution in [2.45, 2.75) is 59.0 Å². The maximum atomic E-state index is 12.1. The Morgan fingerprint density at radius 3 is 2.24 bits per heavy atom. The van der Waals surface area contributed by atoms with Crippen LogP contribution in [0.25, 0.3) is 0 Å². The lowest BCUT2D eigenvalue weighted by atomic mass is 9.87. The Labute approximate surface area is 151 Å². The lowest BCUT2D eigenvalue weighted by Crippen LogP contribution is -2.31. The van der Waals surface area contributed by atoms with Gasteiger partial charge in [0.15, 0.2) is 0 Å². The second-order valence-corrected chi connectivity index (χ2v) is 7.46. The second-order valence-electron chi connectivity index (χ2n) is 7.46. The third-order valence-corrected chi connectivity index (χ3v) is 3.75. The Morgan fingerprint density at radius 1 is 1.04 bits per heavy atom. The van der Waals surface area contributed by atoms with Gasteiger partial charge in [-0.25, -0.2) is 0 Å². The fourth-order valence-electron chi connectivity index (χ4n) is 2.22. The Kier molecular flexibility index (Phi) is 8.62. The van der Waals surface area contributed by atoms with Gasteiger partial charge < -0.3 is 15.4 Å². The number of nitrogens with one attached hydrogen (secondary N) is 2. The predicted molar refractivity (Wildman–Crippen MR) is 101 cm³/mol. The van der Waals surface area contributed by atoms with Gasteiger partial charge in [0.2, 0.25) is 5.91 Å². The van der Waals surface area contributed by atoms with Crippen molar-refractivity contribution in [3.05, 3.63) is 35.4 Å². The molecular formula is C20H32N2O3. The molecule has 1 aromatic rings. The van der Waals surface area contributed by atoms with Gasteiger partial charge in [-0.2, -0.15) is 0 Å². The van der Waals surface area contributed by atoms with Gasteiger partial charge >= 0.3 is 0 Å². The van der Waals surface area contributed by atoms with E-state index in [1.165, 1.54) is 5.56 Å². The summed E-state index contributed by atoms with van der Waals surface area (Å²) in [6.07, 6.45) is 1.27. The van der Waals surface area contributed by atoms with E-state index in [1.54, 1.807) is 0 Å². The van der Waals surface area contributed by atoms with Gasteiger partial charge in [0.05, 0.1) is 6.10 Å². The number of benzene rings is 1. The molecule has 0 saturated carbocycles. The number of hydrogen-bond donors (Lipinski definition) is 2. The van der Waals surface area contributed by atoms with Crippen LogP contribution in [-0.4, -0.2) is 37.6 Å². The van der Waals surface area contributed by atoms with Crippen molar-refractivity contribution in [1.29, 1.82) is 0 Å². The minimum atomic E-state index is -0.154. The molecule has 0 fully saturated rings. The number of ether oxygens (including phenoxy) is 1. The molecule has 5 heteroatoms. The molecule has 2 amide bonds. The summed E-state index contributed by atoms with van der Waals surface area (Å²) in [5.41, 5.74) is 1.86. The summed E-state index contributed by atoms with van der Waals surface area (Å²) in [6.45, 7) is 11.9. The topological polar surface area (TPSA) is 67.4 Å². The zero-order valence-electron chi connectivity index (χ0n) is 16.1. The molecule has 0 aromatic heterocycles. The highest BCUT2D eigenvalue weighted by molar-refractivity contribution is 5.94. The van der Waals surface area contributed by atoms with Crippen LogP contribution in [0.3, 0.4) is 0 Å². The lowest BCUT2D eigenvalue weighted by Gasteiger charge is -2.19. The molecule has 0 unspecified atom stereocenters. The monoisotopic (exact) mass is 348 g/mol. The minimum absolute atomic E-state index is 0.0621. The summed E-state index contributed by atoms with van der Waals surface area (Å²) in [5, 5.41) is 5.60. The molecular weight excluding hydrogens is 316 g/mol. The summed E-state index contributed by atoms with van der Waals surface area (Å²) in [7, 11) is 0. The normalized spacial score (nSPS) is 11.4. The molecule has 1 rings (SSSR count). The van der Waals surface area contributed by atoms with Gasteiger partial charge in [0.25, 0.3) is 5.91 Å². The molecule has 140 valence electrons. The predicted octanol–water partition coefficient (Wildman–Crippen LogP) is 3.04. The first-order valence-corrected chi connectivity index (χ1v) is 8.97. The van der Waals surface area contributed by atoms with Crippen LogP contribution in [0.4, 0.5) is 0 Å². The maximum absolute atomic E-state index is 12.1. The summed E-state index contributed by atoms with van der Waals surface area (Å²) < 4.78 is 5.41. The van der Waals surface area contributed by atoms with E-state index in [2.05, 4.69) is 31.4 Å². The van der Waals surface area contributed by atoms with E-state index in [-0.39, 0.29) is 29.8 Å². The quantitative estimate of drug-likeness (QED) is 0.674. The molecule has 0 atom stereocenters. The summed E-state index contributed by atoms with van der Waals surface area (Å²) in [5.74, 6) is -0.216. The van der Waals surface area contributed by atoms with Crippen LogP contribution in [0.2, 0.25) is 0 Å². The average Bonchev–Trinajstić information content (AvgIpc) is 2.53. The molecule has 2 N–H and O–H groups in total. The van der Waals surface area contributed by atoms with Crippen molar-refractivity contribution < 1.29 is 14.3 Å². The third kappa shape index (κ3) is 8.68. The first-order chi connectivity index (χ1) is 11.7. The fraction of sp³-hybridized carbons (Fsp3) is 0.600. The molecule has 0 spiro atoms. The SMILES string of the molecule is CC(C)OCCCNC(=O)CCNC(=O)c1ccc(C(C)(C)C)cc1. The number of rotatable bonds is 9. The van der Waals surface area contributed by atoms with Gasteiger partial charge in [-0.1, -0.05) is 32.9 Å². The summed E-state index contributed by atoms with van der Waals surface area (Å²) in [4.78, 5) is 23.8. The van der Waals surface area contributed by atoms with Gasteiger partial charge in [0, 0.05) is 31.7 Å². The van der Waals surface area contributed by atoms with Crippen LogP contribution in [0.15, 0.2) is 24.3 Å². The van der Waals surface area contributed by atoms with Crippen LogP contribution < -0.4 is 10.6 Å². The number of carbonyl (C=O) groups excluding carboxylic acids is 2. The third-order valence-electron chi connectivity index (χ3n) is 3.75. The van der Waals surface area contributed by atoms with Crippen molar-refractivity contribution in [3.8, 4) is 0 Å². The first kappa shape index (κ1) is 21.2. The smallest absolute Gasteiger partial charge is 0.251 e. The molecule has 0 saturated heterocycles. The lowest BCUT2D eigenvalue weighted by molar-refractivity contribution is -0.121. The zero-order valence-corrected chi connectivity index (χ0v) is 16.1. The second kappa shape index (κ2) is 10.2. The molecule has 0 heterocycles. The van der Waals surface area contributed by atoms with Gasteiger partial charge in [0.1, 0.15) is 0 Å². The number of amides is 2. The molecule has 0 aliphatic heterocycles. The van der Waals surface area contributed by atoms with Gasteiger partial charge in [-0.05, 0) is 43.4 Å². The molecule has 0 aliphatic rings. The minimum Gasteiger partial charge on any atom is -0.379 e. The average molecular weight is 348 g/mol. The fourth-order valence-corrected chi connectivity index (χ4v) is 2.22. The Morgan fingerprint density at radius 2 is 1.68 bits per heavy atom. The first-order valence-electron chi connectivity index (χ1n) is 8.97. The number of carbonyl (C=O) groups is 2. The molecule has 5 nitrogen and oxygen atoms in total. The Bertz CT molecular complexity index is 545. The van der Waals surface area contributed by atoms with E-state index in [4.69, 9.17) is 4.74 Å². The maximum Gasteiger partial charge on any atom is 0.251 e. The van der Waals surface area contributed by atoms with Crippen molar-refractivity contribution >= 4 is 11.8 Å². The van der Waals surface area contributed by atoms with Crippen LogP contribution in [0.1, 0.15) is 63.4 Å². The zero-order chi connectivity index (χ0) is 18.9. The highest BCUT2D eigenvalue weighted by atomic mass is 16.5. The highest BCUT2D eigenvalue weighted by Gasteiger charge is 2.14. The van der Waals surface area contributed by atoms with E-state index in [0.29, 0.717) is 25.3 Å². The van der Waals surface area contributed by atoms with Crippen LogP contribution in [0, 0.1) is 0 Å². The van der Waals surface area contributed by atoms with Crippen LogP contribution in [0.5, 0.6) is 0 Å². The van der Waals surface area contributed by atoms with Crippen molar-refractivity contribution in [1.82, 2.24) is 10.6 Å². The van der Waals surface area contributed by atoms with Gasteiger partial charge in [-0.3, -0.25) is 9.59 Å². The number of hydrogen-bond acceptors (Lipinski definition) is 3. The van der Waals surface area contributed by atoms with E-state index in [1.807, 2.05) is 38.1 Å². The standard InChI is InChI=1S/C20H32N2O3/c1-15(2)25-14-6-12-21-18(23)11-13-22-19(24)16-7-9-17(10-8-16)20(3,4)5/h7-10,15H,6,11-14H2,1-5H3,(H,21,23)(H,22,24). The highest BCUT2D eigenvalue weighted by Crippen LogP contribution is 2.22. The Hall–Kier alpha value is -1.88. The van der Waals surface area contributed by atoms with Crippen molar-refractivity contribution in [3.63, 3.8) is 0 Å². The summed E-state index contributed by atoms with van der Waals surface area (Å²) in [6, 6.07) is 7.59. The largest absolute Gasteiger partial charge is 0.379 e. The molecule has 1 aromatic carbocycles. The molecule has 0 bridgehead atoms. The van der Waals surface area contributed by atoms with Crippen molar-refractivity contribution in [2.75, 3.05) is 19.7 Å².